The van der Waals surface area contributed by atoms with Crippen molar-refractivity contribution in [2.75, 3.05) is 5.73 Å². The molecule has 0 radical (unpaired) electrons. The lowest BCUT2D eigenvalue weighted by molar-refractivity contribution is -0.138. The number of nitrogens with zero attached hydrogens (tertiary/aromatic N) is 1. The van der Waals surface area contributed by atoms with Crippen LogP contribution in [0, 0.1) is 0 Å². The summed E-state index contributed by atoms with van der Waals surface area (Å²) >= 11 is 0. The van der Waals surface area contributed by atoms with Gasteiger partial charge in [0, 0.05) is 0 Å². The number of pyridine rings is 1. The summed E-state index contributed by atoms with van der Waals surface area (Å²) in [7, 11) is 0. The minimum Gasteiger partial charge on any atom is -0.504 e. The predicted molar refractivity (Wildman–Crippen MR) is 40.3 cm³/mol. The molecule has 3 nitrogen and oxygen atoms in total. The molecule has 0 aliphatic carbocycles. The minimum absolute atomic E-state index is 0.0658. The van der Waals surface area contributed by atoms with E-state index in [1.807, 2.05) is 0 Å². The molecule has 0 aliphatic rings. The van der Waals surface area contributed by atoms with Gasteiger partial charge in [0.15, 0.2) is 11.6 Å². The first kappa shape index (κ1) is 11.5. The smallest absolute Gasteiger partial charge is 0.420 e. The van der Waals surface area contributed by atoms with E-state index in [1.165, 1.54) is 0 Å². The second-order valence-corrected chi connectivity index (χ2v) is 2.63. The number of nitrogens with two attached hydrogens (primary N) is 1. The molecule has 3 N–H and O–H groups in total. The van der Waals surface area contributed by atoms with Crippen LogP contribution in [0.5, 0.6) is 5.75 Å². The van der Waals surface area contributed by atoms with Crippen LogP contribution in [0.4, 0.5) is 27.8 Å². The van der Waals surface area contributed by atoms with Gasteiger partial charge in [-0.25, -0.2) is 13.8 Å². The average molecular weight is 228 g/mol. The lowest BCUT2D eigenvalue weighted by Gasteiger charge is -2.11. The Balaban J connectivity index is 3.38. The molecule has 1 aromatic rings. The van der Waals surface area contributed by atoms with Crippen molar-refractivity contribution in [1.82, 2.24) is 4.98 Å². The molecule has 84 valence electrons. The van der Waals surface area contributed by atoms with E-state index in [9.17, 15) is 22.0 Å². The molecule has 0 aromatic carbocycles. The fourth-order valence-corrected chi connectivity index (χ4v) is 0.906. The van der Waals surface area contributed by atoms with E-state index in [-0.39, 0.29) is 6.07 Å². The van der Waals surface area contributed by atoms with E-state index < -0.39 is 35.4 Å². The molecule has 0 spiro atoms. The average Bonchev–Trinajstić information content (AvgIpc) is 2.06. The van der Waals surface area contributed by atoms with Crippen LogP contribution in [0.2, 0.25) is 0 Å². The molecule has 8 heteroatoms. The largest absolute Gasteiger partial charge is 0.504 e. The molecule has 1 heterocycles. The van der Waals surface area contributed by atoms with Crippen LogP contribution in [0.15, 0.2) is 6.07 Å². The molecule has 0 amide bonds. The van der Waals surface area contributed by atoms with E-state index in [0.29, 0.717) is 0 Å². The number of aromatic nitrogens is 1. The standard InChI is InChI=1S/C7H5F5N2O/c8-5(9)3-1-2(7(10,11)12)4(15)6(13)14-3/h1,5,15H,(H2,13,14). The molecule has 1 rings (SSSR count). The molecule has 0 aliphatic heterocycles. The van der Waals surface area contributed by atoms with E-state index >= 15 is 0 Å². The van der Waals surface area contributed by atoms with Gasteiger partial charge >= 0.3 is 6.18 Å². The zero-order valence-corrected chi connectivity index (χ0v) is 7.02. The summed E-state index contributed by atoms with van der Waals surface area (Å²) in [6, 6.07) is 0.0658. The highest BCUT2D eigenvalue weighted by Crippen LogP contribution is 2.39. The third-order valence-corrected chi connectivity index (χ3v) is 1.57. The Bertz CT molecular complexity index is 376. The summed E-state index contributed by atoms with van der Waals surface area (Å²) in [5.74, 6) is -2.31. The van der Waals surface area contributed by atoms with Gasteiger partial charge in [0.25, 0.3) is 6.43 Å². The van der Waals surface area contributed by atoms with E-state index in [2.05, 4.69) is 4.98 Å². The predicted octanol–water partition coefficient (Wildman–Crippen LogP) is 2.33. The molecular weight excluding hydrogens is 223 g/mol. The first-order valence-corrected chi connectivity index (χ1v) is 3.58. The van der Waals surface area contributed by atoms with Gasteiger partial charge < -0.3 is 10.8 Å². The lowest BCUT2D eigenvalue weighted by atomic mass is 10.2. The van der Waals surface area contributed by atoms with Crippen LogP contribution in [-0.2, 0) is 6.18 Å². The van der Waals surface area contributed by atoms with Gasteiger partial charge in [0.05, 0.1) is 0 Å². The van der Waals surface area contributed by atoms with Gasteiger partial charge in [-0.15, -0.1) is 0 Å². The summed E-state index contributed by atoms with van der Waals surface area (Å²) in [5, 5.41) is 8.89. The summed E-state index contributed by atoms with van der Waals surface area (Å²) in [4.78, 5) is 2.92. The minimum atomic E-state index is -4.95. The maximum absolute atomic E-state index is 12.2. The third kappa shape index (κ3) is 2.25. The van der Waals surface area contributed by atoms with Crippen molar-refractivity contribution in [3.8, 4) is 5.75 Å². The monoisotopic (exact) mass is 228 g/mol. The molecular formula is C7H5F5N2O. The van der Waals surface area contributed by atoms with Crippen molar-refractivity contribution in [3.63, 3.8) is 0 Å². The Labute approximate surface area is 80.3 Å². The van der Waals surface area contributed by atoms with Crippen LogP contribution in [0.1, 0.15) is 17.7 Å². The fraction of sp³-hybridized carbons (Fsp3) is 0.286. The molecule has 1 aromatic heterocycles. The lowest BCUT2D eigenvalue weighted by Crippen LogP contribution is -2.09. The first-order valence-electron chi connectivity index (χ1n) is 3.58. The fourth-order valence-electron chi connectivity index (χ4n) is 0.906. The number of rotatable bonds is 1. The Morgan fingerprint density at radius 2 is 1.87 bits per heavy atom. The highest BCUT2D eigenvalue weighted by molar-refractivity contribution is 5.52. The summed E-state index contributed by atoms with van der Waals surface area (Å²) in [6.07, 6.45) is -8.14. The van der Waals surface area contributed by atoms with Crippen molar-refractivity contribution in [3.05, 3.63) is 17.3 Å². The van der Waals surface area contributed by atoms with Crippen LogP contribution in [0.25, 0.3) is 0 Å². The third-order valence-electron chi connectivity index (χ3n) is 1.57. The number of hydrogen-bond donors (Lipinski definition) is 2. The molecule has 0 saturated carbocycles. The Morgan fingerprint density at radius 1 is 1.33 bits per heavy atom. The zero-order chi connectivity index (χ0) is 11.8. The summed E-state index contributed by atoms with van der Waals surface area (Å²) < 4.78 is 60.7. The Kier molecular flexibility index (Phi) is 2.69. The highest BCUT2D eigenvalue weighted by atomic mass is 19.4. The quantitative estimate of drug-likeness (QED) is 0.725. The van der Waals surface area contributed by atoms with Crippen molar-refractivity contribution in [2.24, 2.45) is 0 Å². The van der Waals surface area contributed by atoms with Gasteiger partial charge in [-0.1, -0.05) is 0 Å². The number of anilines is 1. The second-order valence-electron chi connectivity index (χ2n) is 2.63. The number of alkyl halides is 5. The SMILES string of the molecule is Nc1nc(C(F)F)cc(C(F)(F)F)c1O. The first-order chi connectivity index (χ1) is 6.73. The van der Waals surface area contributed by atoms with Crippen molar-refractivity contribution in [1.29, 1.82) is 0 Å². The Hall–Kier alpha value is -1.60. The number of nitrogen functional groups attached to an aromatic ring is 1. The van der Waals surface area contributed by atoms with Gasteiger partial charge in [-0.2, -0.15) is 13.2 Å². The summed E-state index contributed by atoms with van der Waals surface area (Å²) in [6.45, 7) is 0. The van der Waals surface area contributed by atoms with Crippen LogP contribution in [-0.4, -0.2) is 10.1 Å². The zero-order valence-electron chi connectivity index (χ0n) is 7.02. The Morgan fingerprint density at radius 3 is 2.27 bits per heavy atom. The van der Waals surface area contributed by atoms with E-state index in [1.54, 1.807) is 0 Å². The van der Waals surface area contributed by atoms with Crippen molar-refractivity contribution < 1.29 is 27.1 Å². The molecule has 0 atom stereocenters. The molecule has 0 bridgehead atoms. The van der Waals surface area contributed by atoms with Gasteiger partial charge in [-0.05, 0) is 6.07 Å². The number of hydrogen-bond acceptors (Lipinski definition) is 3. The molecule has 0 unspecified atom stereocenters. The number of halogens is 5. The van der Waals surface area contributed by atoms with Gasteiger partial charge in [0.2, 0.25) is 0 Å². The van der Waals surface area contributed by atoms with Crippen LogP contribution in [0.3, 0.4) is 0 Å². The molecule has 0 fully saturated rings. The maximum atomic E-state index is 12.2. The van der Waals surface area contributed by atoms with Gasteiger partial charge in [-0.3, -0.25) is 0 Å². The highest BCUT2D eigenvalue weighted by Gasteiger charge is 2.36. The van der Waals surface area contributed by atoms with Crippen molar-refractivity contribution >= 4 is 5.82 Å². The van der Waals surface area contributed by atoms with Gasteiger partial charge in [0.1, 0.15) is 11.3 Å². The number of aromatic hydroxyl groups is 1. The van der Waals surface area contributed by atoms with Crippen LogP contribution < -0.4 is 5.73 Å². The summed E-state index contributed by atoms with van der Waals surface area (Å²) in [5.41, 5.74) is 2.11. The second kappa shape index (κ2) is 3.52. The van der Waals surface area contributed by atoms with E-state index in [0.717, 1.165) is 0 Å². The molecule has 0 saturated heterocycles. The topological polar surface area (TPSA) is 59.1 Å². The van der Waals surface area contributed by atoms with E-state index in [4.69, 9.17) is 10.8 Å². The normalized spacial score (nSPS) is 12.1. The van der Waals surface area contributed by atoms with Crippen molar-refractivity contribution in [2.45, 2.75) is 12.6 Å². The van der Waals surface area contributed by atoms with Crippen LogP contribution >= 0.6 is 0 Å². The molecule has 15 heavy (non-hydrogen) atoms. The maximum Gasteiger partial charge on any atom is 0.420 e.